The van der Waals surface area contributed by atoms with Crippen molar-refractivity contribution >= 4 is 11.6 Å². The fourth-order valence-electron chi connectivity index (χ4n) is 1.14. The fraction of sp³-hybridized carbons (Fsp3) is 0. The van der Waals surface area contributed by atoms with E-state index >= 15 is 0 Å². The summed E-state index contributed by atoms with van der Waals surface area (Å²) in [7, 11) is 0. The number of hydrogen-bond acceptors (Lipinski definition) is 2. The average molecular weight is 242 g/mol. The Bertz CT molecular complexity index is 519. The van der Waals surface area contributed by atoms with Crippen LogP contribution < -0.4 is 4.74 Å². The quantitative estimate of drug-likeness (QED) is 0.746. The van der Waals surface area contributed by atoms with Crippen molar-refractivity contribution in [2.24, 2.45) is 0 Å². The fourth-order valence-corrected chi connectivity index (χ4v) is 1.30. The van der Waals surface area contributed by atoms with Gasteiger partial charge in [-0.2, -0.15) is 4.39 Å². The normalized spacial score (nSPS) is 10.2. The van der Waals surface area contributed by atoms with Crippen molar-refractivity contribution in [3.05, 3.63) is 53.3 Å². The molecule has 0 unspecified atom stereocenters. The van der Waals surface area contributed by atoms with Crippen LogP contribution in [0.1, 0.15) is 0 Å². The first-order chi connectivity index (χ1) is 7.66. The van der Waals surface area contributed by atoms with E-state index in [0.29, 0.717) is 0 Å². The Kier molecular flexibility index (Phi) is 3.01. The number of halogens is 3. The lowest BCUT2D eigenvalue weighted by atomic mass is 10.3. The van der Waals surface area contributed by atoms with Gasteiger partial charge in [0.05, 0.1) is 5.02 Å². The minimum Gasteiger partial charge on any atom is -0.454 e. The molecule has 0 saturated carbocycles. The summed E-state index contributed by atoms with van der Waals surface area (Å²) in [6.45, 7) is 0. The molecule has 0 fully saturated rings. The van der Waals surface area contributed by atoms with Gasteiger partial charge in [0.1, 0.15) is 5.75 Å². The van der Waals surface area contributed by atoms with Gasteiger partial charge >= 0.3 is 0 Å². The number of rotatable bonds is 2. The van der Waals surface area contributed by atoms with Gasteiger partial charge in [-0.1, -0.05) is 17.7 Å². The number of benzene rings is 1. The highest BCUT2D eigenvalue weighted by Gasteiger charge is 2.08. The molecule has 0 aliphatic heterocycles. The van der Waals surface area contributed by atoms with Crippen LogP contribution in [0.5, 0.6) is 11.5 Å². The van der Waals surface area contributed by atoms with Crippen LogP contribution >= 0.6 is 11.6 Å². The predicted molar refractivity (Wildman–Crippen MR) is 55.7 cm³/mol. The van der Waals surface area contributed by atoms with Crippen LogP contribution in [-0.2, 0) is 0 Å². The molecule has 1 heterocycles. The summed E-state index contributed by atoms with van der Waals surface area (Å²) < 4.78 is 31.3. The lowest BCUT2D eigenvalue weighted by Crippen LogP contribution is -1.90. The van der Waals surface area contributed by atoms with Crippen LogP contribution in [-0.4, -0.2) is 4.98 Å². The molecule has 0 N–H and O–H groups in total. The van der Waals surface area contributed by atoms with E-state index < -0.39 is 11.8 Å². The van der Waals surface area contributed by atoms with E-state index in [4.69, 9.17) is 16.3 Å². The van der Waals surface area contributed by atoms with Gasteiger partial charge in [0.2, 0.25) is 5.95 Å². The van der Waals surface area contributed by atoms with Crippen LogP contribution in [0.25, 0.3) is 0 Å². The zero-order valence-electron chi connectivity index (χ0n) is 7.95. The van der Waals surface area contributed by atoms with E-state index in [1.807, 2.05) is 0 Å². The third-order valence-electron chi connectivity index (χ3n) is 1.84. The number of ether oxygens (including phenoxy) is 1. The first-order valence-corrected chi connectivity index (χ1v) is 4.78. The van der Waals surface area contributed by atoms with Crippen molar-refractivity contribution in [2.75, 3.05) is 0 Å². The molecule has 0 amide bonds. The molecule has 1 aromatic carbocycles. The van der Waals surface area contributed by atoms with Gasteiger partial charge < -0.3 is 4.74 Å². The molecule has 16 heavy (non-hydrogen) atoms. The molecular formula is C11H6ClF2NO. The zero-order chi connectivity index (χ0) is 11.5. The molecule has 82 valence electrons. The second kappa shape index (κ2) is 4.45. The molecular weight excluding hydrogens is 236 g/mol. The highest BCUT2D eigenvalue weighted by molar-refractivity contribution is 6.30. The number of aromatic nitrogens is 1. The highest BCUT2D eigenvalue weighted by Crippen LogP contribution is 2.28. The molecule has 0 aliphatic carbocycles. The zero-order valence-corrected chi connectivity index (χ0v) is 8.71. The summed E-state index contributed by atoms with van der Waals surface area (Å²) in [5, 5.41) is -0.0490. The summed E-state index contributed by atoms with van der Waals surface area (Å²) in [5.41, 5.74) is 0. The van der Waals surface area contributed by atoms with Gasteiger partial charge in [0.25, 0.3) is 0 Å². The van der Waals surface area contributed by atoms with Crippen molar-refractivity contribution in [3.63, 3.8) is 0 Å². The van der Waals surface area contributed by atoms with Gasteiger partial charge in [-0.15, -0.1) is 0 Å². The first kappa shape index (κ1) is 10.8. The Hall–Kier alpha value is -1.68. The monoisotopic (exact) mass is 241 g/mol. The third-order valence-corrected chi connectivity index (χ3v) is 2.13. The largest absolute Gasteiger partial charge is 0.454 e. The maximum atomic E-state index is 13.4. The van der Waals surface area contributed by atoms with Crippen molar-refractivity contribution in [3.8, 4) is 11.5 Å². The molecule has 0 spiro atoms. The molecule has 0 saturated heterocycles. The van der Waals surface area contributed by atoms with Crippen LogP contribution in [0.2, 0.25) is 5.02 Å². The standard InChI is InChI=1S/C11H6ClF2NO/c12-8-2-1-3-9(11(8)14)16-7-4-5-15-10(13)6-7/h1-6H. The Morgan fingerprint density at radius 3 is 2.75 bits per heavy atom. The minimum absolute atomic E-state index is 0.0490. The van der Waals surface area contributed by atoms with Crippen molar-refractivity contribution in [1.29, 1.82) is 0 Å². The Morgan fingerprint density at radius 1 is 1.19 bits per heavy atom. The molecule has 2 nitrogen and oxygen atoms in total. The summed E-state index contributed by atoms with van der Waals surface area (Å²) in [6, 6.07) is 6.82. The maximum Gasteiger partial charge on any atom is 0.216 e. The van der Waals surface area contributed by atoms with Crippen molar-refractivity contribution in [2.45, 2.75) is 0 Å². The molecule has 0 aliphatic rings. The van der Waals surface area contributed by atoms with Crippen LogP contribution in [0, 0.1) is 11.8 Å². The molecule has 2 aromatic rings. The van der Waals surface area contributed by atoms with E-state index in [0.717, 1.165) is 6.07 Å². The lowest BCUT2D eigenvalue weighted by Gasteiger charge is -2.06. The van der Waals surface area contributed by atoms with Crippen LogP contribution in [0.3, 0.4) is 0 Å². The summed E-state index contributed by atoms with van der Waals surface area (Å²) >= 11 is 5.57. The van der Waals surface area contributed by atoms with Crippen molar-refractivity contribution < 1.29 is 13.5 Å². The average Bonchev–Trinajstić information content (AvgIpc) is 2.25. The van der Waals surface area contributed by atoms with Crippen LogP contribution in [0.15, 0.2) is 36.5 Å². The van der Waals surface area contributed by atoms with Crippen molar-refractivity contribution in [1.82, 2.24) is 4.98 Å². The minimum atomic E-state index is -0.695. The van der Waals surface area contributed by atoms with E-state index in [1.165, 1.54) is 30.5 Å². The second-order valence-electron chi connectivity index (χ2n) is 2.97. The summed E-state index contributed by atoms with van der Waals surface area (Å²) in [6.07, 6.45) is 1.23. The summed E-state index contributed by atoms with van der Waals surface area (Å²) in [5.74, 6) is -1.27. The Labute approximate surface area is 95.5 Å². The SMILES string of the molecule is Fc1cc(Oc2cccc(Cl)c2F)ccn1. The number of pyridine rings is 1. The molecule has 0 bridgehead atoms. The van der Waals surface area contributed by atoms with E-state index in [2.05, 4.69) is 4.98 Å². The first-order valence-electron chi connectivity index (χ1n) is 4.40. The Morgan fingerprint density at radius 2 is 2.00 bits per heavy atom. The van der Waals surface area contributed by atoms with Gasteiger partial charge in [0.15, 0.2) is 11.6 Å². The molecule has 0 radical (unpaired) electrons. The lowest BCUT2D eigenvalue weighted by molar-refractivity contribution is 0.436. The smallest absolute Gasteiger partial charge is 0.216 e. The highest BCUT2D eigenvalue weighted by atomic mass is 35.5. The number of nitrogens with zero attached hydrogens (tertiary/aromatic N) is 1. The molecule has 1 aromatic heterocycles. The number of hydrogen-bond donors (Lipinski definition) is 0. The van der Waals surface area contributed by atoms with E-state index in [1.54, 1.807) is 0 Å². The van der Waals surface area contributed by atoms with Gasteiger partial charge in [-0.3, -0.25) is 0 Å². The van der Waals surface area contributed by atoms with E-state index in [9.17, 15) is 8.78 Å². The topological polar surface area (TPSA) is 22.1 Å². The maximum absolute atomic E-state index is 13.4. The molecule has 0 atom stereocenters. The second-order valence-corrected chi connectivity index (χ2v) is 3.38. The van der Waals surface area contributed by atoms with Crippen LogP contribution in [0.4, 0.5) is 8.78 Å². The predicted octanol–water partition coefficient (Wildman–Crippen LogP) is 3.81. The van der Waals surface area contributed by atoms with Gasteiger partial charge in [-0.05, 0) is 18.2 Å². The Balaban J connectivity index is 2.31. The third kappa shape index (κ3) is 2.28. The molecule has 2 rings (SSSR count). The van der Waals surface area contributed by atoms with Gasteiger partial charge in [-0.25, -0.2) is 9.37 Å². The van der Waals surface area contributed by atoms with Gasteiger partial charge in [0, 0.05) is 12.3 Å². The summed E-state index contributed by atoms with van der Waals surface area (Å²) in [4.78, 5) is 3.35. The van der Waals surface area contributed by atoms with E-state index in [-0.39, 0.29) is 16.5 Å². The molecule has 5 heteroatoms.